The number of anilines is 2. The highest BCUT2D eigenvalue weighted by molar-refractivity contribution is 6.32. The van der Waals surface area contributed by atoms with Gasteiger partial charge < -0.3 is 30.0 Å². The van der Waals surface area contributed by atoms with Gasteiger partial charge in [0.2, 0.25) is 5.91 Å². The number of methoxy groups -OCH3 is 1. The van der Waals surface area contributed by atoms with Gasteiger partial charge in [-0.3, -0.25) is 14.6 Å². The van der Waals surface area contributed by atoms with Crippen LogP contribution < -0.4 is 20.1 Å². The van der Waals surface area contributed by atoms with Crippen molar-refractivity contribution in [1.82, 2.24) is 20.2 Å². The summed E-state index contributed by atoms with van der Waals surface area (Å²) < 4.78 is 11.9. The molecule has 0 spiro atoms. The molecule has 3 atom stereocenters. The molecule has 2 bridgehead atoms. The Morgan fingerprint density at radius 3 is 3.03 bits per heavy atom. The Labute approximate surface area is 231 Å². The van der Waals surface area contributed by atoms with Gasteiger partial charge in [0.1, 0.15) is 12.4 Å². The van der Waals surface area contributed by atoms with Gasteiger partial charge in [-0.25, -0.2) is 0 Å². The number of amides is 2. The number of likely N-dealkylation sites (tertiary alicyclic amines) is 1. The van der Waals surface area contributed by atoms with Crippen molar-refractivity contribution < 1.29 is 19.1 Å². The van der Waals surface area contributed by atoms with Crippen molar-refractivity contribution in [3.63, 3.8) is 0 Å². The molecule has 1 saturated carbocycles. The highest BCUT2D eigenvalue weighted by atomic mass is 35.5. The summed E-state index contributed by atoms with van der Waals surface area (Å²) >= 11 is 6.38. The Morgan fingerprint density at radius 2 is 2.21 bits per heavy atom. The van der Waals surface area contributed by atoms with Crippen molar-refractivity contribution in [3.05, 3.63) is 65.6 Å². The highest BCUT2D eigenvalue weighted by Crippen LogP contribution is 2.45. The van der Waals surface area contributed by atoms with E-state index >= 15 is 0 Å². The molecule has 3 aromatic rings. The molecule has 202 valence electrons. The lowest BCUT2D eigenvalue weighted by atomic mass is 9.99. The van der Waals surface area contributed by atoms with Gasteiger partial charge in [-0.2, -0.15) is 0 Å². The van der Waals surface area contributed by atoms with Crippen LogP contribution in [0, 0.1) is 5.92 Å². The van der Waals surface area contributed by atoms with Crippen LogP contribution in [-0.4, -0.2) is 59.0 Å². The molecule has 1 aliphatic carbocycles. The fourth-order valence-electron chi connectivity index (χ4n) is 6.29. The van der Waals surface area contributed by atoms with Crippen LogP contribution >= 0.6 is 11.6 Å². The number of H-pyrrole nitrogens is 1. The van der Waals surface area contributed by atoms with Gasteiger partial charge in [0.05, 0.1) is 47.0 Å². The van der Waals surface area contributed by atoms with Gasteiger partial charge >= 0.3 is 0 Å². The zero-order valence-electron chi connectivity index (χ0n) is 21.6. The van der Waals surface area contributed by atoms with Crippen LogP contribution in [-0.2, 0) is 11.2 Å². The van der Waals surface area contributed by atoms with E-state index < -0.39 is 0 Å². The molecular weight excluding hydrogens is 518 g/mol. The molecule has 0 unspecified atom stereocenters. The van der Waals surface area contributed by atoms with Crippen molar-refractivity contribution >= 4 is 34.8 Å². The molecule has 2 aromatic heterocycles. The van der Waals surface area contributed by atoms with Crippen molar-refractivity contribution in [2.75, 3.05) is 25.6 Å². The molecule has 4 heterocycles. The van der Waals surface area contributed by atoms with Crippen LogP contribution in [0.5, 0.6) is 11.5 Å². The normalized spacial score (nSPS) is 21.3. The van der Waals surface area contributed by atoms with E-state index in [1.807, 2.05) is 23.1 Å². The van der Waals surface area contributed by atoms with Gasteiger partial charge in [0.25, 0.3) is 5.91 Å². The summed E-state index contributed by atoms with van der Waals surface area (Å²) in [7, 11) is 1.55. The topological polar surface area (TPSA) is 109 Å². The quantitative estimate of drug-likeness (QED) is 0.352. The van der Waals surface area contributed by atoms with Crippen molar-refractivity contribution in [2.24, 2.45) is 5.92 Å². The second-order valence-electron chi connectivity index (χ2n) is 10.1. The monoisotopic (exact) mass is 547 g/mol. The second kappa shape index (κ2) is 10.3. The molecule has 6 rings (SSSR count). The van der Waals surface area contributed by atoms with Crippen LogP contribution in [0.2, 0.25) is 5.02 Å². The lowest BCUT2D eigenvalue weighted by Crippen LogP contribution is -2.47. The molecule has 39 heavy (non-hydrogen) atoms. The maximum Gasteiger partial charge on any atom is 0.255 e. The van der Waals surface area contributed by atoms with E-state index in [0.717, 1.165) is 30.5 Å². The van der Waals surface area contributed by atoms with Crippen LogP contribution in [0.25, 0.3) is 11.3 Å². The van der Waals surface area contributed by atoms with E-state index in [0.29, 0.717) is 64.6 Å². The number of benzene rings is 1. The molecule has 1 aromatic carbocycles. The predicted octanol–water partition coefficient (Wildman–Crippen LogP) is 4.71. The Kier molecular flexibility index (Phi) is 6.68. The zero-order chi connectivity index (χ0) is 27.1. The summed E-state index contributed by atoms with van der Waals surface area (Å²) in [6.45, 7) is 4.59. The van der Waals surface area contributed by atoms with Crippen molar-refractivity contribution in [2.45, 2.75) is 37.8 Å². The van der Waals surface area contributed by atoms with E-state index in [-0.39, 0.29) is 23.9 Å². The number of ether oxygens (including phenoxy) is 2. The number of fused-ring (bicyclic) bond motifs is 3. The minimum atomic E-state index is -0.167. The van der Waals surface area contributed by atoms with E-state index in [1.54, 1.807) is 25.6 Å². The number of hydrogen-bond acceptors (Lipinski definition) is 6. The first kappa shape index (κ1) is 25.3. The van der Waals surface area contributed by atoms with Gasteiger partial charge in [-0.05, 0) is 49.5 Å². The summed E-state index contributed by atoms with van der Waals surface area (Å²) in [4.78, 5) is 35.4. The number of aromatic amines is 1. The highest BCUT2D eigenvalue weighted by Gasteiger charge is 2.47. The summed E-state index contributed by atoms with van der Waals surface area (Å²) in [5.41, 5.74) is 4.04. The number of nitrogens with zero attached hydrogens (tertiary/aromatic N) is 2. The molecule has 2 aliphatic heterocycles. The summed E-state index contributed by atoms with van der Waals surface area (Å²) in [5.74, 6) is 1.23. The number of aromatic nitrogens is 2. The third kappa shape index (κ3) is 4.40. The third-order valence-corrected chi connectivity index (χ3v) is 8.33. The molecule has 3 aliphatic rings. The number of para-hydroxylation sites is 1. The standard InChI is InChI=1S/C29H30ClN5O4/c1-3-24(36)35-17-8-7-16(13-17)22(35)15-39-23-14-31-11-9-18(23)26-27(25-20(33-26)10-12-32-29(25)37)34-21-6-4-5-19(30)28(21)38-2/h3-6,9,11,14,16-17,22,33-34H,1,7-8,10,12-13,15H2,2H3,(H,32,37)/t16-,17+,22-/m1/s1. The molecule has 2 fully saturated rings. The van der Waals surface area contributed by atoms with E-state index in [9.17, 15) is 9.59 Å². The lowest BCUT2D eigenvalue weighted by Gasteiger charge is -2.34. The predicted molar refractivity (Wildman–Crippen MR) is 149 cm³/mol. The molecule has 1 saturated heterocycles. The maximum atomic E-state index is 13.0. The molecular formula is C29H30ClN5O4. The zero-order valence-corrected chi connectivity index (χ0v) is 22.4. The minimum absolute atomic E-state index is 0.0155. The van der Waals surface area contributed by atoms with Gasteiger partial charge in [-0.1, -0.05) is 24.2 Å². The second-order valence-corrected chi connectivity index (χ2v) is 10.5. The fourth-order valence-corrected chi connectivity index (χ4v) is 6.54. The number of nitrogens with one attached hydrogen (secondary N) is 3. The molecule has 3 N–H and O–H groups in total. The first-order chi connectivity index (χ1) is 19.0. The Hall–Kier alpha value is -3.98. The first-order valence-corrected chi connectivity index (χ1v) is 13.5. The number of piperidine rings is 1. The largest absolute Gasteiger partial charge is 0.493 e. The number of hydrogen-bond donors (Lipinski definition) is 3. The lowest BCUT2D eigenvalue weighted by molar-refractivity contribution is -0.130. The Morgan fingerprint density at radius 1 is 1.33 bits per heavy atom. The number of carbonyl (C=O) groups is 2. The number of pyridine rings is 1. The Balaban J connectivity index is 1.37. The molecule has 0 radical (unpaired) electrons. The fraction of sp³-hybridized carbons (Fsp3) is 0.345. The van der Waals surface area contributed by atoms with Gasteiger partial charge in [0, 0.05) is 36.5 Å². The van der Waals surface area contributed by atoms with E-state index in [2.05, 4.69) is 27.2 Å². The summed E-state index contributed by atoms with van der Waals surface area (Å²) in [6.07, 6.45) is 8.53. The number of carbonyl (C=O) groups excluding carboxylic acids is 2. The maximum absolute atomic E-state index is 13.0. The Bertz CT molecular complexity index is 1450. The van der Waals surface area contributed by atoms with Crippen LogP contribution in [0.15, 0.2) is 49.3 Å². The summed E-state index contributed by atoms with van der Waals surface area (Å²) in [5, 5.41) is 6.80. The summed E-state index contributed by atoms with van der Waals surface area (Å²) in [6, 6.07) is 7.50. The van der Waals surface area contributed by atoms with Crippen molar-refractivity contribution in [1.29, 1.82) is 0 Å². The third-order valence-electron chi connectivity index (χ3n) is 8.03. The molecule has 10 heteroatoms. The van der Waals surface area contributed by atoms with Gasteiger partial charge in [0.15, 0.2) is 5.75 Å². The van der Waals surface area contributed by atoms with Crippen LogP contribution in [0.3, 0.4) is 0 Å². The number of rotatable bonds is 8. The minimum Gasteiger partial charge on any atom is -0.493 e. The average Bonchev–Trinajstić information content (AvgIpc) is 3.66. The van der Waals surface area contributed by atoms with Crippen LogP contribution in [0.1, 0.15) is 35.3 Å². The van der Waals surface area contributed by atoms with E-state index in [4.69, 9.17) is 21.1 Å². The van der Waals surface area contributed by atoms with E-state index in [1.165, 1.54) is 6.08 Å². The van der Waals surface area contributed by atoms with Crippen LogP contribution in [0.4, 0.5) is 11.4 Å². The SMILES string of the molecule is C=CC(=O)N1[C@H]2CC[C@H](C2)[C@H]1COc1cnccc1-c1[nH]c2c(c1Nc1cccc(Cl)c1OC)C(=O)NCC2. The molecule has 9 nitrogen and oxygen atoms in total. The smallest absolute Gasteiger partial charge is 0.255 e. The van der Waals surface area contributed by atoms with Gasteiger partial charge in [-0.15, -0.1) is 0 Å². The first-order valence-electron chi connectivity index (χ1n) is 13.1. The number of halogens is 1. The van der Waals surface area contributed by atoms with Crippen molar-refractivity contribution in [3.8, 4) is 22.8 Å². The molecule has 2 amide bonds. The average molecular weight is 548 g/mol.